The van der Waals surface area contributed by atoms with Gasteiger partial charge in [-0.15, -0.1) is 0 Å². The van der Waals surface area contributed by atoms with Crippen LogP contribution in [0.15, 0.2) is 12.2 Å². The third-order valence-corrected chi connectivity index (χ3v) is 15.0. The van der Waals surface area contributed by atoms with E-state index in [1.54, 1.807) is 0 Å². The van der Waals surface area contributed by atoms with Crippen LogP contribution < -0.4 is 4.89 Å². The molecule has 0 saturated carbocycles. The Morgan fingerprint density at radius 1 is 0.429 bits per heavy atom. The van der Waals surface area contributed by atoms with Gasteiger partial charge in [-0.1, -0.05) is 283 Å². The Kier molecular flexibility index (Phi) is 53.9. The second-order valence-corrected chi connectivity index (χ2v) is 23.8. The first-order chi connectivity index (χ1) is 34.1. The fraction of sp³-hybridized carbons (Fsp3) is 0.951. The largest absolute Gasteiger partial charge is 0.756 e. The van der Waals surface area contributed by atoms with Gasteiger partial charge in [-0.3, -0.25) is 9.36 Å². The molecule has 0 aromatic carbocycles. The molecule has 0 bridgehead atoms. The van der Waals surface area contributed by atoms with Crippen molar-refractivity contribution in [2.24, 2.45) is 0 Å². The second-order valence-electron chi connectivity index (χ2n) is 22.4. The molecule has 418 valence electrons. The second kappa shape index (κ2) is 54.5. The van der Waals surface area contributed by atoms with E-state index < -0.39 is 13.9 Å². The van der Waals surface area contributed by atoms with Crippen LogP contribution in [0.25, 0.3) is 0 Å². The van der Waals surface area contributed by atoms with Gasteiger partial charge in [0.1, 0.15) is 19.3 Å². The van der Waals surface area contributed by atoms with Gasteiger partial charge in [-0.25, -0.2) is 0 Å². The van der Waals surface area contributed by atoms with Crippen LogP contribution in [0.1, 0.15) is 316 Å². The van der Waals surface area contributed by atoms with E-state index in [0.29, 0.717) is 24.1 Å². The molecule has 0 aliphatic rings. The molecule has 0 fully saturated rings. The van der Waals surface area contributed by atoms with Gasteiger partial charge >= 0.3 is 5.97 Å². The van der Waals surface area contributed by atoms with Crippen molar-refractivity contribution >= 4 is 13.8 Å². The Hall–Kier alpha value is -0.760. The minimum Gasteiger partial charge on any atom is -0.756 e. The number of allylic oxidation sites excluding steroid dienone is 2. The van der Waals surface area contributed by atoms with Crippen LogP contribution in [0, 0.1) is 0 Å². The number of unbranched alkanes of at least 4 members (excludes halogenated alkanes) is 43. The van der Waals surface area contributed by atoms with Crippen molar-refractivity contribution < 1.29 is 37.3 Å². The van der Waals surface area contributed by atoms with Crippen LogP contribution in [0.5, 0.6) is 0 Å². The SMILES string of the molecule is CCCCCCCCCC/C=C\CCCCCCCCCCCCCCCCOCC(COP(=O)([O-])OCC[N+](C)(C)C)OC(=O)CCCCCCCCCCCCCCCCCCCCCCCC. The first kappa shape index (κ1) is 69.2. The summed E-state index contributed by atoms with van der Waals surface area (Å²) in [7, 11) is 1.38. The van der Waals surface area contributed by atoms with E-state index in [0.717, 1.165) is 32.1 Å². The standard InChI is InChI=1S/C61H122NO7P/c1-6-8-10-12-14-16-18-20-22-24-26-28-30-31-32-33-35-37-39-41-43-45-47-49-51-53-56-66-58-60(59-68-70(64,65)67-57-55-62(3,4)5)69-61(63)54-52-50-48-46-44-42-40-38-36-34-29-27-25-23-21-19-17-15-13-11-9-7-2/h24,26,60H,6-23,25,27-59H2,1-5H3/b26-24-. The number of carbonyl (C=O) groups excluding carboxylic acids is 1. The molecule has 2 unspecified atom stereocenters. The third kappa shape index (κ3) is 58.1. The van der Waals surface area contributed by atoms with Crippen LogP contribution >= 0.6 is 7.82 Å². The quantitative estimate of drug-likeness (QED) is 0.0197. The third-order valence-electron chi connectivity index (χ3n) is 14.1. The predicted octanol–water partition coefficient (Wildman–Crippen LogP) is 19.1. The first-order valence-corrected chi connectivity index (χ1v) is 32.4. The lowest BCUT2D eigenvalue weighted by molar-refractivity contribution is -0.870. The number of likely N-dealkylation sites (N-methyl/N-ethyl adjacent to an activating group) is 1. The molecule has 0 spiro atoms. The maximum Gasteiger partial charge on any atom is 0.306 e. The van der Waals surface area contributed by atoms with Crippen molar-refractivity contribution in [2.45, 2.75) is 322 Å². The van der Waals surface area contributed by atoms with Crippen molar-refractivity contribution in [3.8, 4) is 0 Å². The molecule has 0 aliphatic carbocycles. The molecule has 0 aromatic rings. The van der Waals surface area contributed by atoms with Crippen molar-refractivity contribution in [3.05, 3.63) is 12.2 Å². The molecule has 0 heterocycles. The molecule has 8 nitrogen and oxygen atoms in total. The summed E-state index contributed by atoms with van der Waals surface area (Å²) in [6.07, 6.45) is 65.5. The zero-order valence-corrected chi connectivity index (χ0v) is 48.6. The Morgan fingerprint density at radius 2 is 0.743 bits per heavy atom. The summed E-state index contributed by atoms with van der Waals surface area (Å²) in [4.78, 5) is 25.3. The monoisotopic (exact) mass is 1010 g/mol. The summed E-state index contributed by atoms with van der Waals surface area (Å²) in [6.45, 7) is 5.50. The Balaban J connectivity index is 3.98. The van der Waals surface area contributed by atoms with Crippen molar-refractivity contribution in [3.63, 3.8) is 0 Å². The summed E-state index contributed by atoms with van der Waals surface area (Å²) in [5.41, 5.74) is 0. The minimum atomic E-state index is -4.53. The van der Waals surface area contributed by atoms with Crippen molar-refractivity contribution in [2.75, 3.05) is 54.1 Å². The highest BCUT2D eigenvalue weighted by Gasteiger charge is 2.20. The fourth-order valence-electron chi connectivity index (χ4n) is 9.31. The van der Waals surface area contributed by atoms with Gasteiger partial charge in [0.15, 0.2) is 0 Å². The van der Waals surface area contributed by atoms with E-state index in [9.17, 15) is 14.3 Å². The van der Waals surface area contributed by atoms with Gasteiger partial charge in [0.2, 0.25) is 0 Å². The fourth-order valence-corrected chi connectivity index (χ4v) is 10.0. The van der Waals surface area contributed by atoms with E-state index >= 15 is 0 Å². The van der Waals surface area contributed by atoms with Crippen LogP contribution in [-0.2, 0) is 27.9 Å². The van der Waals surface area contributed by atoms with Gasteiger partial charge < -0.3 is 27.9 Å². The zero-order valence-electron chi connectivity index (χ0n) is 47.8. The zero-order chi connectivity index (χ0) is 51.2. The van der Waals surface area contributed by atoms with Gasteiger partial charge in [0, 0.05) is 13.0 Å². The van der Waals surface area contributed by atoms with Gasteiger partial charge in [-0.05, 0) is 38.5 Å². The number of rotatable bonds is 59. The normalized spacial score (nSPS) is 13.4. The number of phosphoric ester groups is 1. The summed E-state index contributed by atoms with van der Waals surface area (Å²) in [5, 5.41) is 0. The smallest absolute Gasteiger partial charge is 0.306 e. The number of phosphoric acid groups is 1. The molecular weight excluding hydrogens is 890 g/mol. The molecule has 9 heteroatoms. The van der Waals surface area contributed by atoms with Crippen LogP contribution in [0.4, 0.5) is 0 Å². The lowest BCUT2D eigenvalue weighted by Crippen LogP contribution is -2.37. The highest BCUT2D eigenvalue weighted by Crippen LogP contribution is 2.38. The molecule has 0 aromatic heterocycles. The maximum atomic E-state index is 12.8. The molecule has 0 amide bonds. The van der Waals surface area contributed by atoms with Crippen molar-refractivity contribution in [1.29, 1.82) is 0 Å². The van der Waals surface area contributed by atoms with Gasteiger partial charge in [-0.2, -0.15) is 0 Å². The van der Waals surface area contributed by atoms with E-state index in [1.165, 1.54) is 263 Å². The Bertz CT molecular complexity index is 1130. The molecule has 70 heavy (non-hydrogen) atoms. The molecule has 2 atom stereocenters. The number of esters is 1. The van der Waals surface area contributed by atoms with Gasteiger partial charge in [0.25, 0.3) is 7.82 Å². The topological polar surface area (TPSA) is 94.1 Å². The number of nitrogens with zero attached hydrogens (tertiary/aromatic N) is 1. The average molecular weight is 1010 g/mol. The highest BCUT2D eigenvalue weighted by atomic mass is 31.2. The predicted molar refractivity (Wildman–Crippen MR) is 301 cm³/mol. The van der Waals surface area contributed by atoms with E-state index in [1.807, 2.05) is 21.1 Å². The van der Waals surface area contributed by atoms with E-state index in [2.05, 4.69) is 26.0 Å². The Morgan fingerprint density at radius 3 is 1.09 bits per heavy atom. The molecule has 0 radical (unpaired) electrons. The Labute approximate surface area is 437 Å². The molecule has 0 aliphatic heterocycles. The molecule has 0 saturated heterocycles. The van der Waals surface area contributed by atoms with Crippen LogP contribution in [0.3, 0.4) is 0 Å². The summed E-state index contributed by atoms with van der Waals surface area (Å²) < 4.78 is 34.9. The summed E-state index contributed by atoms with van der Waals surface area (Å²) in [6, 6.07) is 0. The number of hydrogen-bond donors (Lipinski definition) is 0. The molecular formula is C61H122NO7P. The number of ether oxygens (including phenoxy) is 2. The van der Waals surface area contributed by atoms with E-state index in [4.69, 9.17) is 18.5 Å². The lowest BCUT2D eigenvalue weighted by atomic mass is 10.0. The average Bonchev–Trinajstić information content (AvgIpc) is 3.32. The van der Waals surface area contributed by atoms with Crippen molar-refractivity contribution in [1.82, 2.24) is 0 Å². The molecule has 0 N–H and O–H groups in total. The van der Waals surface area contributed by atoms with E-state index in [-0.39, 0.29) is 25.8 Å². The van der Waals surface area contributed by atoms with Gasteiger partial charge in [0.05, 0.1) is 34.4 Å². The lowest BCUT2D eigenvalue weighted by Gasteiger charge is -2.28. The number of quaternary nitrogens is 1. The maximum absolute atomic E-state index is 12.8. The number of carbonyl (C=O) groups is 1. The highest BCUT2D eigenvalue weighted by molar-refractivity contribution is 7.45. The summed E-state index contributed by atoms with van der Waals surface area (Å²) >= 11 is 0. The summed E-state index contributed by atoms with van der Waals surface area (Å²) in [5.74, 6) is -0.324. The molecule has 0 rings (SSSR count). The van der Waals surface area contributed by atoms with Crippen LogP contribution in [-0.4, -0.2) is 70.7 Å². The van der Waals surface area contributed by atoms with Crippen LogP contribution in [0.2, 0.25) is 0 Å². The minimum absolute atomic E-state index is 0.0306. The first-order valence-electron chi connectivity index (χ1n) is 30.9. The number of hydrogen-bond acceptors (Lipinski definition) is 7.